The minimum atomic E-state index is -0.148. The zero-order chi connectivity index (χ0) is 15.6. The molecule has 1 N–H and O–H groups in total. The van der Waals surface area contributed by atoms with E-state index in [2.05, 4.69) is 21.3 Å². The third-order valence-electron chi connectivity index (χ3n) is 4.49. The van der Waals surface area contributed by atoms with E-state index in [1.54, 1.807) is 0 Å². The molecule has 3 aliphatic rings. The molecule has 0 aromatic carbocycles. The maximum absolute atomic E-state index is 10.1. The molecule has 5 nitrogen and oxygen atoms in total. The predicted octanol–water partition coefficient (Wildman–Crippen LogP) is 3.25. The lowest BCUT2D eigenvalue weighted by Gasteiger charge is -2.17. The normalized spacial score (nSPS) is 23.1. The molecule has 1 aliphatic heterocycles. The van der Waals surface area contributed by atoms with Gasteiger partial charge in [0.15, 0.2) is 0 Å². The second kappa shape index (κ2) is 9.52. The first-order chi connectivity index (χ1) is 10.7. The first-order valence-electron chi connectivity index (χ1n) is 8.71. The second-order valence-corrected chi connectivity index (χ2v) is 6.41. The third-order valence-corrected chi connectivity index (χ3v) is 4.49. The van der Waals surface area contributed by atoms with Gasteiger partial charge in [-0.05, 0) is 25.7 Å². The molecular formula is C17H27N3O2. The van der Waals surface area contributed by atoms with Gasteiger partial charge < -0.3 is 0 Å². The number of nitrogens with zero attached hydrogens (tertiary/aromatic N) is 2. The molecule has 22 heavy (non-hydrogen) atoms. The van der Waals surface area contributed by atoms with Crippen LogP contribution in [0.2, 0.25) is 0 Å². The highest BCUT2D eigenvalue weighted by molar-refractivity contribution is 6.01. The van der Waals surface area contributed by atoms with Crippen LogP contribution in [0.5, 0.6) is 0 Å². The molecule has 5 heteroatoms. The van der Waals surface area contributed by atoms with Crippen LogP contribution < -0.4 is 5.32 Å². The summed E-state index contributed by atoms with van der Waals surface area (Å²) in [6.07, 6.45) is 14.0. The van der Waals surface area contributed by atoms with Crippen molar-refractivity contribution >= 4 is 17.8 Å². The number of hydrogen-bond donors (Lipinski definition) is 1. The SMILES string of the molecule is C(=NC1CCCCC1)=NC1CCCCC1.O=C1CCC(=O)N1. The average molecular weight is 305 g/mol. The Kier molecular flexibility index (Phi) is 7.31. The van der Waals surface area contributed by atoms with E-state index in [-0.39, 0.29) is 11.8 Å². The van der Waals surface area contributed by atoms with Crippen molar-refractivity contribution in [3.8, 4) is 0 Å². The van der Waals surface area contributed by atoms with Crippen molar-refractivity contribution < 1.29 is 9.59 Å². The van der Waals surface area contributed by atoms with Crippen molar-refractivity contribution in [1.29, 1.82) is 0 Å². The summed E-state index contributed by atoms with van der Waals surface area (Å²) in [5, 5.41) is 2.14. The van der Waals surface area contributed by atoms with Crippen LogP contribution in [0.3, 0.4) is 0 Å². The van der Waals surface area contributed by atoms with Gasteiger partial charge in [0.2, 0.25) is 11.8 Å². The van der Waals surface area contributed by atoms with Crippen LogP contribution in [0.15, 0.2) is 9.98 Å². The molecule has 2 amide bonds. The summed E-state index contributed by atoms with van der Waals surface area (Å²) in [5.41, 5.74) is 0. The monoisotopic (exact) mass is 305 g/mol. The maximum atomic E-state index is 10.1. The fraction of sp³-hybridized carbons (Fsp3) is 0.824. The molecule has 3 rings (SSSR count). The van der Waals surface area contributed by atoms with E-state index in [4.69, 9.17) is 0 Å². The van der Waals surface area contributed by atoms with Crippen LogP contribution in [0, 0.1) is 0 Å². The highest BCUT2D eigenvalue weighted by atomic mass is 16.2. The maximum Gasteiger partial charge on any atom is 0.227 e. The van der Waals surface area contributed by atoms with Crippen molar-refractivity contribution in [2.45, 2.75) is 89.1 Å². The third kappa shape index (κ3) is 6.52. The van der Waals surface area contributed by atoms with Gasteiger partial charge in [-0.25, -0.2) is 9.98 Å². The van der Waals surface area contributed by atoms with Crippen LogP contribution >= 0.6 is 0 Å². The molecule has 0 aromatic rings. The van der Waals surface area contributed by atoms with Crippen molar-refractivity contribution in [1.82, 2.24) is 5.32 Å². The van der Waals surface area contributed by atoms with Gasteiger partial charge in [-0.15, -0.1) is 0 Å². The van der Waals surface area contributed by atoms with Gasteiger partial charge in [-0.1, -0.05) is 38.5 Å². The van der Waals surface area contributed by atoms with Crippen LogP contribution in [-0.2, 0) is 9.59 Å². The quantitative estimate of drug-likeness (QED) is 0.628. The van der Waals surface area contributed by atoms with Crippen LogP contribution in [0.25, 0.3) is 0 Å². The number of carbonyl (C=O) groups is 2. The summed E-state index contributed by atoms with van der Waals surface area (Å²) < 4.78 is 0. The molecule has 3 fully saturated rings. The fourth-order valence-electron chi connectivity index (χ4n) is 3.12. The highest BCUT2D eigenvalue weighted by Gasteiger charge is 2.15. The van der Waals surface area contributed by atoms with Gasteiger partial charge >= 0.3 is 0 Å². The van der Waals surface area contributed by atoms with Gasteiger partial charge in [0.1, 0.15) is 0 Å². The number of amides is 2. The standard InChI is InChI=1S/C13H22N2.C4H5NO2/c1-3-7-12(8-4-1)14-11-15-13-9-5-2-6-10-13;6-3-1-2-4(7)5-3/h12-13H,1-10H2;1-2H2,(H,5,6,7). The molecule has 0 radical (unpaired) electrons. The van der Waals surface area contributed by atoms with E-state index in [1.165, 1.54) is 64.2 Å². The number of aliphatic imine (C=N–C) groups is 2. The van der Waals surface area contributed by atoms with Crippen LogP contribution in [-0.4, -0.2) is 29.9 Å². The smallest absolute Gasteiger partial charge is 0.227 e. The molecule has 122 valence electrons. The van der Waals surface area contributed by atoms with Gasteiger partial charge in [0.05, 0.1) is 18.1 Å². The van der Waals surface area contributed by atoms with Crippen molar-refractivity contribution in [3.63, 3.8) is 0 Å². The van der Waals surface area contributed by atoms with Crippen LogP contribution in [0.1, 0.15) is 77.0 Å². The van der Waals surface area contributed by atoms with Gasteiger partial charge in [-0.2, -0.15) is 0 Å². The lowest BCUT2D eigenvalue weighted by molar-refractivity contribution is -0.124. The number of rotatable bonds is 2. The molecule has 2 saturated carbocycles. The Bertz CT molecular complexity index is 393. The Morgan fingerprint density at radius 1 is 0.727 bits per heavy atom. The Morgan fingerprint density at radius 2 is 1.14 bits per heavy atom. The van der Waals surface area contributed by atoms with E-state index >= 15 is 0 Å². The van der Waals surface area contributed by atoms with Crippen molar-refractivity contribution in [2.75, 3.05) is 0 Å². The van der Waals surface area contributed by atoms with Crippen LogP contribution in [0.4, 0.5) is 0 Å². The lowest BCUT2D eigenvalue weighted by Crippen LogP contribution is -2.18. The summed E-state index contributed by atoms with van der Waals surface area (Å²) in [6, 6.07) is 4.04. The first kappa shape index (κ1) is 16.9. The Hall–Kier alpha value is -1.48. The predicted molar refractivity (Wildman–Crippen MR) is 86.0 cm³/mol. The molecule has 1 saturated heterocycles. The summed E-state index contributed by atoms with van der Waals surface area (Å²) in [5.74, 6) is -0.296. The zero-order valence-corrected chi connectivity index (χ0v) is 13.4. The number of nitrogens with one attached hydrogen (secondary N) is 1. The summed E-state index contributed by atoms with van der Waals surface area (Å²) in [4.78, 5) is 29.2. The molecule has 0 spiro atoms. The van der Waals surface area contributed by atoms with E-state index in [1.807, 2.05) is 0 Å². The van der Waals surface area contributed by atoms with Crippen molar-refractivity contribution in [3.05, 3.63) is 0 Å². The molecule has 0 bridgehead atoms. The Morgan fingerprint density at radius 3 is 1.45 bits per heavy atom. The number of imide groups is 1. The molecule has 2 aliphatic carbocycles. The largest absolute Gasteiger partial charge is 0.296 e. The summed E-state index contributed by atoms with van der Waals surface area (Å²) >= 11 is 0. The van der Waals surface area contributed by atoms with Gasteiger partial charge in [0, 0.05) is 12.8 Å². The minimum Gasteiger partial charge on any atom is -0.296 e. The summed E-state index contributed by atoms with van der Waals surface area (Å²) in [6.45, 7) is 0. The number of hydrogen-bond acceptors (Lipinski definition) is 4. The minimum absolute atomic E-state index is 0.148. The fourth-order valence-corrected chi connectivity index (χ4v) is 3.12. The zero-order valence-electron chi connectivity index (χ0n) is 13.4. The van der Waals surface area contributed by atoms with Gasteiger partial charge in [-0.3, -0.25) is 14.9 Å². The van der Waals surface area contributed by atoms with Gasteiger partial charge in [0.25, 0.3) is 0 Å². The van der Waals surface area contributed by atoms with E-state index < -0.39 is 0 Å². The van der Waals surface area contributed by atoms with E-state index in [0.717, 1.165) is 0 Å². The van der Waals surface area contributed by atoms with Crippen molar-refractivity contribution in [2.24, 2.45) is 9.98 Å². The second-order valence-electron chi connectivity index (χ2n) is 6.41. The molecular weight excluding hydrogens is 278 g/mol. The molecule has 0 atom stereocenters. The molecule has 0 aromatic heterocycles. The molecule has 1 heterocycles. The lowest BCUT2D eigenvalue weighted by atomic mass is 9.96. The Balaban J connectivity index is 0.000000211. The number of carbonyl (C=O) groups excluding carboxylic acids is 2. The highest BCUT2D eigenvalue weighted by Crippen LogP contribution is 2.21. The first-order valence-corrected chi connectivity index (χ1v) is 8.71. The summed E-state index contributed by atoms with van der Waals surface area (Å²) in [7, 11) is 0. The molecule has 0 unspecified atom stereocenters. The topological polar surface area (TPSA) is 70.9 Å². The van der Waals surface area contributed by atoms with E-state index in [0.29, 0.717) is 24.9 Å². The van der Waals surface area contributed by atoms with E-state index in [9.17, 15) is 9.59 Å². The average Bonchev–Trinajstić information content (AvgIpc) is 2.93. The Labute approximate surface area is 132 Å².